The van der Waals surface area contributed by atoms with Gasteiger partial charge >= 0.3 is 11.9 Å². The average Bonchev–Trinajstić information content (AvgIpc) is 2.58. The Labute approximate surface area is 166 Å². The van der Waals surface area contributed by atoms with E-state index in [1.165, 1.54) is 44.9 Å². The summed E-state index contributed by atoms with van der Waals surface area (Å²) in [6.07, 6.45) is 12.9. The number of esters is 1. The molecular formula is C22H44NO4+. The van der Waals surface area contributed by atoms with Gasteiger partial charge in [-0.15, -0.1) is 0 Å². The van der Waals surface area contributed by atoms with Gasteiger partial charge in [-0.3, -0.25) is 9.59 Å². The molecule has 0 aromatic carbocycles. The summed E-state index contributed by atoms with van der Waals surface area (Å²) in [7, 11) is 3.89. The molecule has 0 bridgehead atoms. The molecule has 0 rings (SSSR count). The molecule has 0 aliphatic heterocycles. The summed E-state index contributed by atoms with van der Waals surface area (Å²) in [5.74, 6) is -1.18. The van der Waals surface area contributed by atoms with Crippen molar-refractivity contribution in [2.45, 2.75) is 103 Å². The number of carbonyl (C=O) groups is 2. The Morgan fingerprint density at radius 2 is 1.33 bits per heavy atom. The summed E-state index contributed by atoms with van der Waals surface area (Å²) in [5, 5.41) is 9.09. The second-order valence-electron chi connectivity index (χ2n) is 8.17. The number of carboxylic acid groups (broad SMARTS) is 1. The number of nitrogens with one attached hydrogen (secondary N) is 1. The fraction of sp³-hybridized carbons (Fsp3) is 0.909. The molecule has 0 spiro atoms. The second-order valence-corrected chi connectivity index (χ2v) is 8.17. The Morgan fingerprint density at radius 3 is 1.81 bits per heavy atom. The number of hydrogen-bond donors (Lipinski definition) is 2. The minimum Gasteiger partial charge on any atom is -0.481 e. The van der Waals surface area contributed by atoms with Crippen molar-refractivity contribution >= 4 is 11.9 Å². The van der Waals surface area contributed by atoms with Gasteiger partial charge in [-0.2, -0.15) is 0 Å². The van der Waals surface area contributed by atoms with Crippen molar-refractivity contribution in [1.82, 2.24) is 0 Å². The molecule has 0 heterocycles. The standard InChI is InChI=1S/C22H43NO4/c1-5-7-9-11-12-14-16-19(15-13-10-8-6-2)22(26)27-20(17-21(24)25)18-23(3)4/h19-20H,5-18H2,1-4H3,(H,24,25)/p+1. The Morgan fingerprint density at radius 1 is 0.852 bits per heavy atom. The van der Waals surface area contributed by atoms with E-state index in [2.05, 4.69) is 13.8 Å². The highest BCUT2D eigenvalue weighted by atomic mass is 16.5. The zero-order chi connectivity index (χ0) is 20.5. The fourth-order valence-electron chi connectivity index (χ4n) is 3.43. The number of likely N-dealkylation sites (N-methyl/N-ethyl adjacent to an activating group) is 1. The first-order valence-electron chi connectivity index (χ1n) is 11.1. The smallest absolute Gasteiger partial charge is 0.309 e. The summed E-state index contributed by atoms with van der Waals surface area (Å²) in [6.45, 7) is 4.92. The lowest BCUT2D eigenvalue weighted by Crippen LogP contribution is -3.07. The van der Waals surface area contributed by atoms with Gasteiger partial charge < -0.3 is 14.7 Å². The van der Waals surface area contributed by atoms with Crippen LogP contribution in [0.4, 0.5) is 0 Å². The Bertz CT molecular complexity index is 385. The molecule has 5 heteroatoms. The van der Waals surface area contributed by atoms with Crippen molar-refractivity contribution < 1.29 is 24.3 Å². The van der Waals surface area contributed by atoms with Gasteiger partial charge in [-0.25, -0.2) is 0 Å². The van der Waals surface area contributed by atoms with E-state index in [9.17, 15) is 9.59 Å². The van der Waals surface area contributed by atoms with Crippen molar-refractivity contribution in [3.8, 4) is 0 Å². The number of carbonyl (C=O) groups excluding carboxylic acids is 1. The SMILES string of the molecule is CCCCCCCCC(CCCCCC)C(=O)OC(CC(=O)O)C[NH+](C)C. The zero-order valence-corrected chi connectivity index (χ0v) is 18.2. The van der Waals surface area contributed by atoms with Crippen molar-refractivity contribution in [3.63, 3.8) is 0 Å². The normalized spacial score (nSPS) is 13.5. The third-order valence-electron chi connectivity index (χ3n) is 4.97. The molecule has 0 aliphatic rings. The Hall–Kier alpha value is -1.10. The van der Waals surface area contributed by atoms with E-state index in [4.69, 9.17) is 9.84 Å². The molecule has 0 aromatic heterocycles. The van der Waals surface area contributed by atoms with Crippen LogP contribution in [0.15, 0.2) is 0 Å². The lowest BCUT2D eigenvalue weighted by molar-refractivity contribution is -0.861. The van der Waals surface area contributed by atoms with Gasteiger partial charge in [0.15, 0.2) is 6.10 Å². The maximum atomic E-state index is 12.7. The van der Waals surface area contributed by atoms with Crippen molar-refractivity contribution in [2.24, 2.45) is 5.92 Å². The summed E-state index contributed by atoms with van der Waals surface area (Å²) < 4.78 is 5.65. The number of ether oxygens (including phenoxy) is 1. The van der Waals surface area contributed by atoms with E-state index in [0.29, 0.717) is 6.54 Å². The van der Waals surface area contributed by atoms with Gasteiger partial charge in [-0.05, 0) is 12.8 Å². The van der Waals surface area contributed by atoms with Crippen LogP contribution in [0.25, 0.3) is 0 Å². The highest BCUT2D eigenvalue weighted by Crippen LogP contribution is 2.21. The van der Waals surface area contributed by atoms with E-state index < -0.39 is 12.1 Å². The van der Waals surface area contributed by atoms with Gasteiger partial charge in [0.2, 0.25) is 0 Å². The molecule has 0 aromatic rings. The number of unbranched alkanes of at least 4 members (excludes halogenated alkanes) is 8. The highest BCUT2D eigenvalue weighted by Gasteiger charge is 2.26. The van der Waals surface area contributed by atoms with Crippen molar-refractivity contribution in [3.05, 3.63) is 0 Å². The maximum Gasteiger partial charge on any atom is 0.309 e. The third kappa shape index (κ3) is 15.6. The van der Waals surface area contributed by atoms with E-state index in [-0.39, 0.29) is 18.3 Å². The Kier molecular flexibility index (Phi) is 16.3. The first-order valence-corrected chi connectivity index (χ1v) is 11.1. The first kappa shape index (κ1) is 25.9. The summed E-state index contributed by atoms with van der Waals surface area (Å²) >= 11 is 0. The molecule has 0 saturated carbocycles. The minimum absolute atomic E-state index is 0.0820. The van der Waals surface area contributed by atoms with Crippen LogP contribution in [0.1, 0.15) is 97.3 Å². The molecule has 2 atom stereocenters. The summed E-state index contributed by atoms with van der Waals surface area (Å²) in [4.78, 5) is 24.9. The number of quaternary nitrogens is 1. The molecule has 0 fully saturated rings. The van der Waals surface area contributed by atoms with E-state index in [0.717, 1.165) is 37.0 Å². The quantitative estimate of drug-likeness (QED) is 0.277. The zero-order valence-electron chi connectivity index (χ0n) is 18.2. The van der Waals surface area contributed by atoms with Gasteiger partial charge in [0.05, 0.1) is 26.4 Å². The Balaban J connectivity index is 4.58. The number of aliphatic carboxylic acids is 1. The largest absolute Gasteiger partial charge is 0.481 e. The first-order chi connectivity index (χ1) is 12.9. The van der Waals surface area contributed by atoms with Gasteiger partial charge in [0.25, 0.3) is 0 Å². The van der Waals surface area contributed by atoms with Gasteiger partial charge in [0, 0.05) is 0 Å². The molecule has 2 unspecified atom stereocenters. The lowest BCUT2D eigenvalue weighted by Gasteiger charge is -2.22. The molecule has 160 valence electrons. The van der Waals surface area contributed by atoms with Crippen LogP contribution in [-0.2, 0) is 14.3 Å². The predicted molar refractivity (Wildman–Crippen MR) is 110 cm³/mol. The highest BCUT2D eigenvalue weighted by molar-refractivity contribution is 5.73. The fourth-order valence-corrected chi connectivity index (χ4v) is 3.43. The maximum absolute atomic E-state index is 12.7. The predicted octanol–water partition coefficient (Wildman–Crippen LogP) is 3.85. The molecule has 27 heavy (non-hydrogen) atoms. The molecule has 0 saturated heterocycles. The second kappa shape index (κ2) is 17.0. The summed E-state index contributed by atoms with van der Waals surface area (Å²) in [5.41, 5.74) is 0. The molecular weight excluding hydrogens is 342 g/mol. The average molecular weight is 387 g/mol. The van der Waals surface area contributed by atoms with Crippen LogP contribution in [0.2, 0.25) is 0 Å². The molecule has 2 N–H and O–H groups in total. The van der Waals surface area contributed by atoms with Crippen molar-refractivity contribution in [2.75, 3.05) is 20.6 Å². The van der Waals surface area contributed by atoms with Crippen LogP contribution >= 0.6 is 0 Å². The van der Waals surface area contributed by atoms with Crippen LogP contribution in [0, 0.1) is 5.92 Å². The lowest BCUT2D eigenvalue weighted by atomic mass is 9.94. The van der Waals surface area contributed by atoms with Gasteiger partial charge in [-0.1, -0.05) is 78.1 Å². The van der Waals surface area contributed by atoms with Gasteiger partial charge in [0.1, 0.15) is 6.54 Å². The molecule has 0 amide bonds. The molecule has 0 radical (unpaired) electrons. The number of hydrogen-bond acceptors (Lipinski definition) is 3. The number of rotatable bonds is 18. The molecule has 0 aliphatic carbocycles. The van der Waals surface area contributed by atoms with E-state index >= 15 is 0 Å². The summed E-state index contributed by atoms with van der Waals surface area (Å²) in [6, 6.07) is 0. The van der Waals surface area contributed by atoms with Crippen LogP contribution < -0.4 is 4.90 Å². The third-order valence-corrected chi connectivity index (χ3v) is 4.97. The number of carboxylic acids is 1. The van der Waals surface area contributed by atoms with E-state index in [1.807, 2.05) is 14.1 Å². The minimum atomic E-state index is -0.913. The topological polar surface area (TPSA) is 68.0 Å². The van der Waals surface area contributed by atoms with Crippen LogP contribution in [0.5, 0.6) is 0 Å². The monoisotopic (exact) mass is 386 g/mol. The van der Waals surface area contributed by atoms with Crippen molar-refractivity contribution in [1.29, 1.82) is 0 Å². The van der Waals surface area contributed by atoms with E-state index in [1.54, 1.807) is 0 Å². The van der Waals surface area contributed by atoms with Crippen LogP contribution in [-0.4, -0.2) is 43.8 Å². The van der Waals surface area contributed by atoms with Crippen LogP contribution in [0.3, 0.4) is 0 Å². The molecule has 5 nitrogen and oxygen atoms in total.